The third-order valence-electron chi connectivity index (χ3n) is 2.26. The number of carbonyl (C=O) groups excluding carboxylic acids is 1. The van der Waals surface area contributed by atoms with Gasteiger partial charge >= 0.3 is 0 Å². The maximum Gasteiger partial charge on any atom is 0.252 e. The third kappa shape index (κ3) is 4.30. The Kier molecular flexibility index (Phi) is 5.95. The van der Waals surface area contributed by atoms with E-state index in [1.807, 2.05) is 6.92 Å². The van der Waals surface area contributed by atoms with E-state index >= 15 is 0 Å². The normalized spacial score (nSPS) is 12.2. The fraction of sp³-hybridized carbons (Fsp3) is 0.417. The van der Waals surface area contributed by atoms with Crippen molar-refractivity contribution in [2.24, 2.45) is 5.92 Å². The summed E-state index contributed by atoms with van der Waals surface area (Å²) in [6.45, 7) is 3.19. The molecule has 0 aromatic heterocycles. The second-order valence-corrected chi connectivity index (χ2v) is 5.10. The van der Waals surface area contributed by atoms with Crippen molar-refractivity contribution in [3.63, 3.8) is 0 Å². The number of benzene rings is 1. The molecule has 0 saturated heterocycles. The zero-order chi connectivity index (χ0) is 12.8. The summed E-state index contributed by atoms with van der Waals surface area (Å²) in [7, 11) is 1.64. The molecule has 1 unspecified atom stereocenters. The lowest BCUT2D eigenvalue weighted by Crippen LogP contribution is -2.30. The highest BCUT2D eigenvalue weighted by atomic mass is 79.9. The van der Waals surface area contributed by atoms with Crippen molar-refractivity contribution in [1.82, 2.24) is 5.32 Å². The van der Waals surface area contributed by atoms with Crippen molar-refractivity contribution in [3.05, 3.63) is 33.3 Å². The maximum atomic E-state index is 11.9. The van der Waals surface area contributed by atoms with Crippen LogP contribution in [0.25, 0.3) is 0 Å². The lowest BCUT2D eigenvalue weighted by atomic mass is 10.1. The van der Waals surface area contributed by atoms with E-state index in [9.17, 15) is 4.79 Å². The Balaban J connectivity index is 2.61. The van der Waals surface area contributed by atoms with Crippen molar-refractivity contribution in [3.8, 4) is 0 Å². The first-order valence-corrected chi connectivity index (χ1v) is 6.44. The van der Waals surface area contributed by atoms with Crippen LogP contribution in [0.1, 0.15) is 17.3 Å². The molecule has 0 aliphatic rings. The molecule has 1 aromatic rings. The van der Waals surface area contributed by atoms with Crippen LogP contribution in [0, 0.1) is 5.92 Å². The van der Waals surface area contributed by atoms with Crippen LogP contribution >= 0.6 is 27.5 Å². The number of halogens is 2. The number of carbonyl (C=O) groups is 1. The predicted molar refractivity (Wildman–Crippen MR) is 72.5 cm³/mol. The molecule has 0 fully saturated rings. The van der Waals surface area contributed by atoms with Crippen LogP contribution in [0.2, 0.25) is 5.02 Å². The Morgan fingerprint density at radius 1 is 1.59 bits per heavy atom. The van der Waals surface area contributed by atoms with Gasteiger partial charge in [0.2, 0.25) is 0 Å². The Hall–Kier alpha value is -0.580. The summed E-state index contributed by atoms with van der Waals surface area (Å²) >= 11 is 9.32. The van der Waals surface area contributed by atoms with Gasteiger partial charge in [0.05, 0.1) is 17.2 Å². The molecule has 5 heteroatoms. The number of hydrogen-bond acceptors (Lipinski definition) is 2. The van der Waals surface area contributed by atoms with Gasteiger partial charge in [-0.3, -0.25) is 4.79 Å². The van der Waals surface area contributed by atoms with Gasteiger partial charge in [-0.25, -0.2) is 0 Å². The van der Waals surface area contributed by atoms with E-state index in [2.05, 4.69) is 21.2 Å². The van der Waals surface area contributed by atoms with Crippen LogP contribution in [-0.2, 0) is 4.74 Å². The van der Waals surface area contributed by atoms with Gasteiger partial charge in [-0.2, -0.15) is 0 Å². The van der Waals surface area contributed by atoms with Gasteiger partial charge in [0, 0.05) is 18.1 Å². The third-order valence-corrected chi connectivity index (χ3v) is 3.55. The highest BCUT2D eigenvalue weighted by Crippen LogP contribution is 2.25. The summed E-state index contributed by atoms with van der Waals surface area (Å²) in [5, 5.41) is 3.26. The van der Waals surface area contributed by atoms with Crippen LogP contribution < -0.4 is 5.32 Å². The monoisotopic (exact) mass is 319 g/mol. The molecule has 1 atom stereocenters. The fourth-order valence-electron chi connectivity index (χ4n) is 1.38. The van der Waals surface area contributed by atoms with E-state index in [4.69, 9.17) is 16.3 Å². The van der Waals surface area contributed by atoms with Gasteiger partial charge < -0.3 is 10.1 Å². The molecule has 17 heavy (non-hydrogen) atoms. The van der Waals surface area contributed by atoms with Gasteiger partial charge in [-0.05, 0) is 34.0 Å². The Bertz CT molecular complexity index is 398. The largest absolute Gasteiger partial charge is 0.384 e. The van der Waals surface area contributed by atoms with Gasteiger partial charge in [0.1, 0.15) is 0 Å². The summed E-state index contributed by atoms with van der Waals surface area (Å²) in [5.74, 6) is 0.106. The number of ether oxygens (including phenoxy) is 1. The first-order valence-electron chi connectivity index (χ1n) is 5.27. The molecule has 0 radical (unpaired) electrons. The van der Waals surface area contributed by atoms with Crippen molar-refractivity contribution in [2.45, 2.75) is 6.92 Å². The zero-order valence-electron chi connectivity index (χ0n) is 9.80. The molecule has 0 bridgehead atoms. The molecule has 94 valence electrons. The van der Waals surface area contributed by atoms with Crippen molar-refractivity contribution in [1.29, 1.82) is 0 Å². The minimum absolute atomic E-state index is 0.167. The number of rotatable bonds is 5. The highest BCUT2D eigenvalue weighted by Gasteiger charge is 2.12. The van der Waals surface area contributed by atoms with E-state index in [1.54, 1.807) is 25.3 Å². The van der Waals surface area contributed by atoms with Crippen molar-refractivity contribution >= 4 is 33.4 Å². The van der Waals surface area contributed by atoms with Gasteiger partial charge in [0.15, 0.2) is 0 Å². The van der Waals surface area contributed by atoms with Crippen LogP contribution in [-0.4, -0.2) is 26.2 Å². The molecule has 0 heterocycles. The quantitative estimate of drug-likeness (QED) is 0.905. The lowest BCUT2D eigenvalue weighted by molar-refractivity contribution is 0.0934. The molecule has 0 aliphatic heterocycles. The standard InChI is InChI=1S/C12H15BrClNO2/c1-8(7-17-2)6-15-12(16)9-4-3-5-10(13)11(9)14/h3-5,8H,6-7H2,1-2H3,(H,15,16). The van der Waals surface area contributed by atoms with Crippen LogP contribution in [0.3, 0.4) is 0 Å². The van der Waals surface area contributed by atoms with E-state index in [0.29, 0.717) is 23.7 Å². The minimum atomic E-state index is -0.167. The average molecular weight is 321 g/mol. The second-order valence-electron chi connectivity index (χ2n) is 3.87. The molecule has 1 rings (SSSR count). The van der Waals surface area contributed by atoms with Crippen LogP contribution in [0.15, 0.2) is 22.7 Å². The van der Waals surface area contributed by atoms with Gasteiger partial charge in [0.25, 0.3) is 5.91 Å². The summed E-state index contributed by atoms with van der Waals surface area (Å²) in [6.07, 6.45) is 0. The highest BCUT2D eigenvalue weighted by molar-refractivity contribution is 9.10. The molecule has 0 saturated carbocycles. The molecule has 0 aliphatic carbocycles. The molecular weight excluding hydrogens is 305 g/mol. The minimum Gasteiger partial charge on any atom is -0.384 e. The summed E-state index contributed by atoms with van der Waals surface area (Å²) in [5.41, 5.74) is 0.477. The van der Waals surface area contributed by atoms with Crippen molar-refractivity contribution in [2.75, 3.05) is 20.3 Å². The number of nitrogens with one attached hydrogen (secondary N) is 1. The SMILES string of the molecule is COCC(C)CNC(=O)c1cccc(Br)c1Cl. The Morgan fingerprint density at radius 2 is 2.29 bits per heavy atom. The number of hydrogen-bond donors (Lipinski definition) is 1. The molecule has 1 aromatic carbocycles. The zero-order valence-corrected chi connectivity index (χ0v) is 12.1. The second kappa shape index (κ2) is 6.99. The molecule has 1 N–H and O–H groups in total. The predicted octanol–water partition coefficient (Wildman–Crippen LogP) is 3.11. The molecule has 0 spiro atoms. The summed E-state index contributed by atoms with van der Waals surface area (Å²) in [4.78, 5) is 11.9. The molecule has 1 amide bonds. The lowest BCUT2D eigenvalue weighted by Gasteiger charge is -2.12. The maximum absolute atomic E-state index is 11.9. The summed E-state index contributed by atoms with van der Waals surface area (Å²) < 4.78 is 5.72. The van der Waals surface area contributed by atoms with E-state index in [-0.39, 0.29) is 11.8 Å². The Labute approximate surface area is 115 Å². The van der Waals surface area contributed by atoms with E-state index in [1.165, 1.54) is 0 Å². The Morgan fingerprint density at radius 3 is 2.94 bits per heavy atom. The number of methoxy groups -OCH3 is 1. The average Bonchev–Trinajstić information content (AvgIpc) is 2.30. The van der Waals surface area contributed by atoms with E-state index in [0.717, 1.165) is 4.47 Å². The fourth-order valence-corrected chi connectivity index (χ4v) is 1.96. The topological polar surface area (TPSA) is 38.3 Å². The first kappa shape index (κ1) is 14.5. The van der Waals surface area contributed by atoms with Crippen LogP contribution in [0.4, 0.5) is 0 Å². The van der Waals surface area contributed by atoms with Gasteiger partial charge in [-0.15, -0.1) is 0 Å². The van der Waals surface area contributed by atoms with Gasteiger partial charge in [-0.1, -0.05) is 24.6 Å². The molecule has 3 nitrogen and oxygen atoms in total. The smallest absolute Gasteiger partial charge is 0.252 e. The summed E-state index contributed by atoms with van der Waals surface area (Å²) in [6, 6.07) is 5.28. The van der Waals surface area contributed by atoms with Crippen molar-refractivity contribution < 1.29 is 9.53 Å². The first-order chi connectivity index (χ1) is 8.06. The van der Waals surface area contributed by atoms with Crippen LogP contribution in [0.5, 0.6) is 0 Å². The molecular formula is C12H15BrClNO2. The number of amides is 1. The van der Waals surface area contributed by atoms with E-state index < -0.39 is 0 Å².